The van der Waals surface area contributed by atoms with E-state index in [0.717, 1.165) is 82.7 Å². The topological polar surface area (TPSA) is 69.9 Å². The lowest BCUT2D eigenvalue weighted by Gasteiger charge is -2.09. The zero-order valence-corrected chi connectivity index (χ0v) is 27.1. The lowest BCUT2D eigenvalue weighted by Crippen LogP contribution is -2.00. The summed E-state index contributed by atoms with van der Waals surface area (Å²) in [5, 5.41) is 6.55. The first-order valence-corrected chi connectivity index (χ1v) is 16.9. The van der Waals surface area contributed by atoms with Crippen LogP contribution in [-0.2, 0) is 0 Å². The Morgan fingerprint density at radius 2 is 0.980 bits per heavy atom. The van der Waals surface area contributed by atoms with Crippen LogP contribution in [0.3, 0.4) is 0 Å². The fourth-order valence-electron chi connectivity index (χ4n) is 7.53. The minimum Gasteiger partial charge on any atom is -0.456 e. The molecule has 238 valence electrons. The van der Waals surface area contributed by atoms with E-state index in [4.69, 9.17) is 23.8 Å². The predicted octanol–water partition coefficient (Wildman–Crippen LogP) is 11.8. The first-order chi connectivity index (χ1) is 25.3. The van der Waals surface area contributed by atoms with E-state index in [1.807, 2.05) is 84.9 Å². The first kappa shape index (κ1) is 27.9. The molecule has 0 aliphatic carbocycles. The van der Waals surface area contributed by atoms with Gasteiger partial charge >= 0.3 is 0 Å². The maximum Gasteiger partial charge on any atom is 0.167 e. The van der Waals surface area contributed by atoms with Crippen LogP contribution in [0.25, 0.3) is 106 Å². The summed E-state index contributed by atoms with van der Waals surface area (Å²) in [5.41, 5.74) is 8.97. The molecular weight excluding hydrogens is 629 g/mol. The van der Waals surface area contributed by atoms with Crippen molar-refractivity contribution in [1.29, 1.82) is 0 Å². The molecule has 0 fully saturated rings. The van der Waals surface area contributed by atoms with Gasteiger partial charge in [-0.1, -0.05) is 121 Å². The van der Waals surface area contributed by atoms with Crippen molar-refractivity contribution in [3.8, 4) is 39.9 Å². The number of fused-ring (bicyclic) bond motifs is 9. The molecule has 0 amide bonds. The van der Waals surface area contributed by atoms with Gasteiger partial charge < -0.3 is 13.4 Å². The number of hydrogen-bond acceptors (Lipinski definition) is 5. The van der Waals surface area contributed by atoms with Crippen LogP contribution in [0.2, 0.25) is 0 Å². The molecule has 0 bridgehead atoms. The van der Waals surface area contributed by atoms with E-state index in [1.54, 1.807) is 0 Å². The second-order valence-corrected chi connectivity index (χ2v) is 12.8. The summed E-state index contributed by atoms with van der Waals surface area (Å²) in [6.45, 7) is 0. The van der Waals surface area contributed by atoms with E-state index < -0.39 is 0 Å². The summed E-state index contributed by atoms with van der Waals surface area (Å²) in [5.74, 6) is 1.77. The Bertz CT molecular complexity index is 3080. The Morgan fingerprint density at radius 3 is 1.75 bits per heavy atom. The Labute approximate surface area is 290 Å². The van der Waals surface area contributed by atoms with Gasteiger partial charge in [0, 0.05) is 49.5 Å². The van der Waals surface area contributed by atoms with E-state index >= 15 is 0 Å². The summed E-state index contributed by atoms with van der Waals surface area (Å²) >= 11 is 0. The Morgan fingerprint density at radius 1 is 0.373 bits per heavy atom. The van der Waals surface area contributed by atoms with Crippen molar-refractivity contribution in [2.75, 3.05) is 0 Å². The fraction of sp³-hybridized carbons (Fsp3) is 0. The van der Waals surface area contributed by atoms with E-state index in [-0.39, 0.29) is 0 Å². The summed E-state index contributed by atoms with van der Waals surface area (Å²) in [6, 6.07) is 53.8. The Hall–Kier alpha value is -7.05. The summed E-state index contributed by atoms with van der Waals surface area (Å²) in [4.78, 5) is 14.9. The molecule has 11 aromatic rings. The second-order valence-electron chi connectivity index (χ2n) is 12.8. The number of hydrogen-bond donors (Lipinski definition) is 0. The lowest BCUT2D eigenvalue weighted by molar-refractivity contribution is 0.666. The van der Waals surface area contributed by atoms with Crippen molar-refractivity contribution < 1.29 is 8.83 Å². The number of nitrogens with zero attached hydrogens (tertiary/aromatic N) is 4. The monoisotopic (exact) mass is 654 g/mol. The summed E-state index contributed by atoms with van der Waals surface area (Å²) in [7, 11) is 0. The van der Waals surface area contributed by atoms with Crippen molar-refractivity contribution in [2.24, 2.45) is 0 Å². The summed E-state index contributed by atoms with van der Waals surface area (Å²) < 4.78 is 15.6. The van der Waals surface area contributed by atoms with Crippen molar-refractivity contribution in [3.63, 3.8) is 0 Å². The molecule has 0 saturated heterocycles. The highest BCUT2D eigenvalue weighted by Gasteiger charge is 2.22. The van der Waals surface area contributed by atoms with Gasteiger partial charge in [-0.25, -0.2) is 15.0 Å². The highest BCUT2D eigenvalue weighted by atomic mass is 16.3. The molecule has 0 saturated carbocycles. The molecule has 4 heterocycles. The largest absolute Gasteiger partial charge is 0.456 e. The van der Waals surface area contributed by atoms with E-state index in [0.29, 0.717) is 17.5 Å². The molecule has 0 aliphatic rings. The van der Waals surface area contributed by atoms with Gasteiger partial charge in [-0.3, -0.25) is 0 Å². The second kappa shape index (κ2) is 10.7. The quantitative estimate of drug-likeness (QED) is 0.189. The fourth-order valence-corrected chi connectivity index (χ4v) is 7.53. The maximum atomic E-state index is 6.97. The van der Waals surface area contributed by atoms with Gasteiger partial charge in [0.1, 0.15) is 16.7 Å². The van der Waals surface area contributed by atoms with Crippen LogP contribution >= 0.6 is 0 Å². The molecule has 51 heavy (non-hydrogen) atoms. The minimum atomic E-state index is 0.554. The van der Waals surface area contributed by atoms with Crippen LogP contribution in [-0.4, -0.2) is 19.5 Å². The molecule has 0 radical (unpaired) electrons. The van der Waals surface area contributed by atoms with Gasteiger partial charge in [0.25, 0.3) is 0 Å². The average Bonchev–Trinajstić information content (AvgIpc) is 3.87. The van der Waals surface area contributed by atoms with Crippen molar-refractivity contribution in [3.05, 3.63) is 158 Å². The maximum absolute atomic E-state index is 6.97. The van der Waals surface area contributed by atoms with Gasteiger partial charge in [0.15, 0.2) is 23.1 Å². The molecule has 4 aromatic heterocycles. The van der Waals surface area contributed by atoms with Crippen molar-refractivity contribution in [2.45, 2.75) is 0 Å². The van der Waals surface area contributed by atoms with Crippen LogP contribution in [0.15, 0.2) is 167 Å². The zero-order chi connectivity index (χ0) is 33.5. The number of rotatable bonds is 4. The number of aromatic nitrogens is 4. The van der Waals surface area contributed by atoms with E-state index in [2.05, 4.69) is 77.4 Å². The van der Waals surface area contributed by atoms with Crippen LogP contribution in [0.5, 0.6) is 0 Å². The zero-order valence-electron chi connectivity index (χ0n) is 27.1. The van der Waals surface area contributed by atoms with Gasteiger partial charge in [-0.15, -0.1) is 0 Å². The highest BCUT2D eigenvalue weighted by Crippen LogP contribution is 2.42. The average molecular weight is 655 g/mol. The molecule has 6 heteroatoms. The molecule has 0 atom stereocenters. The van der Waals surface area contributed by atoms with Crippen molar-refractivity contribution in [1.82, 2.24) is 19.5 Å². The molecule has 6 nitrogen and oxygen atoms in total. The van der Waals surface area contributed by atoms with Crippen LogP contribution in [0.4, 0.5) is 0 Å². The van der Waals surface area contributed by atoms with Crippen molar-refractivity contribution >= 4 is 65.7 Å². The Kier molecular flexibility index (Phi) is 5.86. The van der Waals surface area contributed by atoms with Crippen LogP contribution in [0, 0.1) is 0 Å². The third-order valence-corrected chi connectivity index (χ3v) is 9.86. The standard InChI is InChI=1S/C45H26N4O2/c1-3-13-27(14-4-1)43-46-44(28-15-5-2-6-16-28)48-45(47-43)33-21-11-19-31-32-20-12-23-37(42(32)51-41(31)33)49-36-22-9-7-17-29(36)34-25-35-30-18-8-10-24-39(30)50-40(35)26-38(34)49/h1-26H. The predicted molar refractivity (Wildman–Crippen MR) is 205 cm³/mol. The molecule has 0 aliphatic heterocycles. The number of para-hydroxylation sites is 4. The van der Waals surface area contributed by atoms with Gasteiger partial charge in [0.05, 0.1) is 22.3 Å². The minimum absolute atomic E-state index is 0.554. The third-order valence-electron chi connectivity index (χ3n) is 9.86. The van der Waals surface area contributed by atoms with Gasteiger partial charge in [-0.05, 0) is 30.3 Å². The SMILES string of the molecule is c1ccc(-c2nc(-c3ccccc3)nc(-c3cccc4c3oc3c(-n5c6ccccc6c6cc7c(cc65)oc5ccccc57)cccc34)n2)cc1. The molecule has 0 spiro atoms. The Balaban J connectivity index is 1.17. The third kappa shape index (κ3) is 4.20. The summed E-state index contributed by atoms with van der Waals surface area (Å²) in [6.07, 6.45) is 0. The smallest absolute Gasteiger partial charge is 0.167 e. The van der Waals surface area contributed by atoms with Crippen LogP contribution < -0.4 is 0 Å². The first-order valence-electron chi connectivity index (χ1n) is 16.9. The molecule has 0 N–H and O–H groups in total. The van der Waals surface area contributed by atoms with Crippen LogP contribution in [0.1, 0.15) is 0 Å². The molecule has 11 rings (SSSR count). The molecule has 7 aromatic carbocycles. The number of furan rings is 2. The normalized spacial score (nSPS) is 11.9. The lowest BCUT2D eigenvalue weighted by atomic mass is 10.1. The molecular formula is C45H26N4O2. The van der Waals surface area contributed by atoms with E-state index in [1.165, 1.54) is 5.39 Å². The van der Waals surface area contributed by atoms with Gasteiger partial charge in [0.2, 0.25) is 0 Å². The van der Waals surface area contributed by atoms with Gasteiger partial charge in [-0.2, -0.15) is 0 Å². The highest BCUT2D eigenvalue weighted by molar-refractivity contribution is 6.18. The van der Waals surface area contributed by atoms with E-state index in [9.17, 15) is 0 Å². The number of benzene rings is 7. The molecule has 0 unspecified atom stereocenters.